The molecule has 1 aromatic rings. The number of aliphatic hydroxyl groups is 1. The number of amides is 3. The van der Waals surface area contributed by atoms with Crippen LogP contribution in [0.5, 0.6) is 0 Å². The topological polar surface area (TPSA) is 432 Å². The van der Waals surface area contributed by atoms with E-state index < -0.39 is 108 Å². The molecule has 1 aliphatic heterocycles. The Morgan fingerprint density at radius 3 is 2.33 bits per heavy atom. The minimum absolute atomic E-state index is 0.0164. The van der Waals surface area contributed by atoms with E-state index in [9.17, 15) is 62.2 Å². The van der Waals surface area contributed by atoms with E-state index in [4.69, 9.17) is 30.5 Å². The number of aliphatic hydroxyl groups excluding tert-OH is 1. The summed E-state index contributed by atoms with van der Waals surface area (Å²) in [5.41, 5.74) is 3.76. The van der Waals surface area contributed by atoms with Crippen molar-refractivity contribution >= 4 is 74.7 Å². The van der Waals surface area contributed by atoms with E-state index in [1.54, 1.807) is 0 Å². The van der Waals surface area contributed by atoms with Gasteiger partial charge in [-0.15, -0.1) is 0 Å². The summed E-state index contributed by atoms with van der Waals surface area (Å²) in [6, 6.07) is -2.37. The average molecular weight is 957 g/mol. The summed E-state index contributed by atoms with van der Waals surface area (Å²) in [6.45, 7) is -0.918. The maximum Gasteiger partial charge on any atom is 0.490 e. The number of nitrogens with zero attached hydrogens (tertiary/aromatic N) is 1. The molecule has 13 N–H and O–H groups in total. The first kappa shape index (κ1) is 52.7. The molecule has 2 rings (SSSR count). The number of nitrogens with one attached hydrogen (secondary N) is 4. The van der Waals surface area contributed by atoms with Crippen LogP contribution in [0.2, 0.25) is 0 Å². The molecule has 1 aliphatic rings. The fourth-order valence-electron chi connectivity index (χ4n) is 4.63. The molecule has 1 fully saturated rings. The summed E-state index contributed by atoms with van der Waals surface area (Å²) >= 11 is 0. The zero-order valence-corrected chi connectivity index (χ0v) is 35.3. The molecule has 3 amide bonds. The van der Waals surface area contributed by atoms with Crippen LogP contribution in [0.3, 0.4) is 0 Å². The van der Waals surface area contributed by atoms with Crippen LogP contribution in [-0.2, 0) is 55.5 Å². The summed E-state index contributed by atoms with van der Waals surface area (Å²) in [4.78, 5) is 121. The van der Waals surface area contributed by atoms with Crippen molar-refractivity contribution in [2.24, 2.45) is 5.73 Å². The number of aromatic amines is 1. The molecule has 338 valence electrons. The molecule has 7 atom stereocenters. The number of aliphatic carboxylic acids is 2. The average Bonchev–Trinajstić information content (AvgIpc) is 3.48. The Bertz CT molecular complexity index is 2020. The number of carbonyl (C=O) groups excluding carboxylic acids is 3. The van der Waals surface area contributed by atoms with Gasteiger partial charge in [-0.25, -0.2) is 23.3 Å². The van der Waals surface area contributed by atoms with Gasteiger partial charge in [-0.1, -0.05) is 39.8 Å². The number of aromatic nitrogens is 2. The van der Waals surface area contributed by atoms with Crippen molar-refractivity contribution in [1.29, 1.82) is 0 Å². The van der Waals surface area contributed by atoms with Gasteiger partial charge in [-0.3, -0.25) is 38.0 Å². The van der Waals surface area contributed by atoms with Crippen molar-refractivity contribution in [2.45, 2.75) is 75.5 Å². The minimum atomic E-state index is -5.79. The van der Waals surface area contributed by atoms with Gasteiger partial charge in [-0.05, 0) is 12.8 Å². The highest BCUT2D eigenvalue weighted by Gasteiger charge is 2.43. The Morgan fingerprint density at radius 1 is 0.983 bits per heavy atom. The second-order valence-electron chi connectivity index (χ2n) is 12.2. The fourth-order valence-corrected chi connectivity index (χ4v) is 9.77. The van der Waals surface area contributed by atoms with E-state index in [0.717, 1.165) is 10.8 Å². The van der Waals surface area contributed by atoms with Crippen LogP contribution < -0.4 is 32.9 Å². The maximum absolute atomic E-state index is 12.5. The lowest BCUT2D eigenvalue weighted by molar-refractivity contribution is -0.147. The first-order valence-electron chi connectivity index (χ1n) is 17.1. The maximum atomic E-state index is 12.5. The molecular formula is C28H43N6O21P3S2. The van der Waals surface area contributed by atoms with Gasteiger partial charge in [0.05, 0.1) is 31.7 Å². The van der Waals surface area contributed by atoms with Crippen molar-refractivity contribution in [1.82, 2.24) is 25.5 Å². The molecule has 0 aliphatic carbocycles. The molecule has 1 aromatic heterocycles. The predicted molar refractivity (Wildman–Crippen MR) is 206 cm³/mol. The van der Waals surface area contributed by atoms with Crippen LogP contribution in [-0.4, -0.2) is 130 Å². The Hall–Kier alpha value is -3.42. The lowest BCUT2D eigenvalue weighted by Crippen LogP contribution is -2.42. The number of H-pyrrole nitrogens is 1. The van der Waals surface area contributed by atoms with Crippen molar-refractivity contribution in [3.63, 3.8) is 0 Å². The molecule has 32 heteroatoms. The van der Waals surface area contributed by atoms with Crippen LogP contribution in [0.25, 0.3) is 0 Å². The van der Waals surface area contributed by atoms with Crippen LogP contribution in [0, 0.1) is 11.8 Å². The largest absolute Gasteiger partial charge is 0.490 e. The second kappa shape index (κ2) is 24.9. The number of carbonyl (C=O) groups is 5. The van der Waals surface area contributed by atoms with E-state index in [1.807, 2.05) is 4.98 Å². The van der Waals surface area contributed by atoms with E-state index in [-0.39, 0.29) is 43.7 Å². The minimum Gasteiger partial charge on any atom is -0.481 e. The third kappa shape index (κ3) is 20.9. The number of carboxylic acids is 2. The molecule has 0 radical (unpaired) electrons. The molecule has 2 heterocycles. The van der Waals surface area contributed by atoms with Gasteiger partial charge in [0.15, 0.2) is 0 Å². The van der Waals surface area contributed by atoms with Crippen LogP contribution in [0.15, 0.2) is 15.8 Å². The number of hydrogen-bond acceptors (Lipinski definition) is 18. The van der Waals surface area contributed by atoms with Crippen LogP contribution in [0.1, 0.15) is 56.7 Å². The Labute approximate surface area is 346 Å². The summed E-state index contributed by atoms with van der Waals surface area (Å²) in [7, 11) is -14.4. The first-order valence-corrected chi connectivity index (χ1v) is 24.1. The SMILES string of the molecule is NC(CSSCCC(=O)NCC#Cc1cn(C2CC(O)C(COP(=O)(O)OP(=O)(O)OP(=O)(O)O)O2)c(=O)[nH]c1=O)C(=O)NCCCCCC(=O)NC(CC(=O)O)C(=O)O. The van der Waals surface area contributed by atoms with E-state index in [1.165, 1.54) is 21.6 Å². The highest BCUT2D eigenvalue weighted by atomic mass is 33.1. The first-order chi connectivity index (χ1) is 27.9. The van der Waals surface area contributed by atoms with E-state index >= 15 is 0 Å². The Morgan fingerprint density at radius 2 is 1.68 bits per heavy atom. The van der Waals surface area contributed by atoms with Gasteiger partial charge in [-0.2, -0.15) is 8.62 Å². The smallest absolute Gasteiger partial charge is 0.481 e. The highest BCUT2D eigenvalue weighted by Crippen LogP contribution is 2.66. The lowest BCUT2D eigenvalue weighted by atomic mass is 10.1. The normalized spacial score (nSPS) is 19.4. The number of hydrogen-bond donors (Lipinski definition) is 12. The number of phosphoric acid groups is 3. The van der Waals surface area contributed by atoms with Crippen molar-refractivity contribution < 1.29 is 90.4 Å². The number of rotatable bonds is 26. The monoisotopic (exact) mass is 956 g/mol. The number of phosphoric ester groups is 1. The Kier molecular flexibility index (Phi) is 21.9. The molecule has 60 heavy (non-hydrogen) atoms. The summed E-state index contributed by atoms with van der Waals surface area (Å²) in [6.07, 6.45) is -2.84. The van der Waals surface area contributed by atoms with Gasteiger partial charge in [0.2, 0.25) is 17.7 Å². The van der Waals surface area contributed by atoms with Crippen LogP contribution in [0.4, 0.5) is 0 Å². The van der Waals surface area contributed by atoms with Gasteiger partial charge in [0, 0.05) is 43.5 Å². The number of ether oxygens (including phenoxy) is 1. The summed E-state index contributed by atoms with van der Waals surface area (Å²) in [5, 5.41) is 35.4. The van der Waals surface area contributed by atoms with E-state index in [2.05, 4.69) is 40.9 Å². The number of unbranched alkanes of at least 4 members (excludes halogenated alkanes) is 2. The summed E-state index contributed by atoms with van der Waals surface area (Å²) in [5.74, 6) is 1.38. The molecule has 0 aromatic carbocycles. The fraction of sp³-hybridized carbons (Fsp3) is 0.607. The van der Waals surface area contributed by atoms with E-state index in [0.29, 0.717) is 25.0 Å². The highest BCUT2D eigenvalue weighted by molar-refractivity contribution is 8.76. The quantitative estimate of drug-likeness (QED) is 0.0203. The predicted octanol–water partition coefficient (Wildman–Crippen LogP) is -2.18. The number of nitrogens with two attached hydrogens (primary N) is 1. The molecule has 1 saturated heterocycles. The van der Waals surface area contributed by atoms with Gasteiger partial charge < -0.3 is 61.3 Å². The van der Waals surface area contributed by atoms with Gasteiger partial charge >= 0.3 is 41.1 Å². The van der Waals surface area contributed by atoms with Gasteiger partial charge in [0.25, 0.3) is 5.56 Å². The summed E-state index contributed by atoms with van der Waals surface area (Å²) < 4.78 is 52.2. The zero-order chi connectivity index (χ0) is 45.3. The number of carboxylic acid groups (broad SMARTS) is 2. The van der Waals surface area contributed by atoms with Gasteiger partial charge in [0.1, 0.15) is 23.9 Å². The third-order valence-corrected chi connectivity index (χ3v) is 13.6. The third-order valence-electron chi connectivity index (χ3n) is 7.37. The second-order valence-corrected chi connectivity index (χ2v) is 19.3. The molecule has 7 unspecified atom stereocenters. The molecule has 27 nitrogen and oxygen atoms in total. The molecule has 0 saturated carbocycles. The van der Waals surface area contributed by atoms with Crippen LogP contribution >= 0.6 is 45.1 Å². The van der Waals surface area contributed by atoms with Crippen molar-refractivity contribution in [2.75, 3.05) is 31.2 Å². The zero-order valence-electron chi connectivity index (χ0n) is 31.0. The lowest BCUT2D eigenvalue weighted by Gasteiger charge is -2.19. The molecular weight excluding hydrogens is 913 g/mol. The molecule has 0 bridgehead atoms. The van der Waals surface area contributed by atoms with Crippen molar-refractivity contribution in [3.8, 4) is 11.8 Å². The standard InChI is InChI=1S/C28H43N6O21P3S2/c29-17(26(41)31-8-3-1-2-6-22(37)32-18(27(42)43)11-24(38)39)15-60-59-10-7-21(36)30-9-4-5-16-13-34(28(44)33-25(16)40)23-12-19(35)20(53-23)14-52-57(48,49)55-58(50,51)54-56(45,46)47/h13,17-20,23,35H,1-3,6-12,14-15,29H2,(H,30,36)(H,31,41)(H,32,37)(H,38,39)(H,42,43)(H,48,49)(H,50,51)(H,33,40,44)(H2,45,46,47). The van der Waals surface area contributed by atoms with Crippen molar-refractivity contribution in [3.05, 3.63) is 32.6 Å². The Balaban J connectivity index is 1.70. The molecule has 0 spiro atoms.